The average molecular weight is 244 g/mol. The maximum Gasteiger partial charge on any atom is 0.107 e. The summed E-state index contributed by atoms with van der Waals surface area (Å²) in [5, 5.41) is 0.704. The highest BCUT2D eigenvalue weighted by molar-refractivity contribution is 7.80. The van der Waals surface area contributed by atoms with Crippen molar-refractivity contribution in [1.29, 1.82) is 0 Å². The molecule has 82 valence electrons. The van der Waals surface area contributed by atoms with Crippen LogP contribution < -0.4 is 5.73 Å². The van der Waals surface area contributed by atoms with Crippen LogP contribution >= 0.6 is 23.8 Å². The molecule has 0 amide bonds. The molecule has 0 saturated heterocycles. The Morgan fingerprint density at radius 3 is 2.73 bits per heavy atom. The Morgan fingerprint density at radius 2 is 2.20 bits per heavy atom. The molecule has 0 heterocycles. The van der Waals surface area contributed by atoms with E-state index in [0.29, 0.717) is 16.6 Å². The molecule has 0 aliphatic heterocycles. The minimum atomic E-state index is -0.170. The molecular weight excluding hydrogens is 230 g/mol. The van der Waals surface area contributed by atoms with Crippen LogP contribution in [0.15, 0.2) is 24.3 Å². The summed E-state index contributed by atoms with van der Waals surface area (Å²) in [6, 6.07) is 7.57. The van der Waals surface area contributed by atoms with Gasteiger partial charge in [-0.3, -0.25) is 0 Å². The van der Waals surface area contributed by atoms with Crippen molar-refractivity contribution in [2.75, 3.05) is 0 Å². The second-order valence-electron chi connectivity index (χ2n) is 3.20. The Labute approximate surface area is 100 Å². The second kappa shape index (κ2) is 6.05. The zero-order valence-corrected chi connectivity index (χ0v) is 10.1. The minimum absolute atomic E-state index is 0.170. The summed E-state index contributed by atoms with van der Waals surface area (Å²) in [6.45, 7) is 2.42. The van der Waals surface area contributed by atoms with Gasteiger partial charge in [-0.2, -0.15) is 0 Å². The summed E-state index contributed by atoms with van der Waals surface area (Å²) < 4.78 is 5.57. The number of hydrogen-bond donors (Lipinski definition) is 1. The molecule has 0 aromatic heterocycles. The first-order valence-corrected chi connectivity index (χ1v) is 5.58. The van der Waals surface area contributed by atoms with Crippen molar-refractivity contribution in [3.05, 3.63) is 34.9 Å². The van der Waals surface area contributed by atoms with E-state index in [0.717, 1.165) is 12.0 Å². The molecule has 0 radical (unpaired) electrons. The van der Waals surface area contributed by atoms with E-state index in [1.54, 1.807) is 0 Å². The van der Waals surface area contributed by atoms with Gasteiger partial charge in [-0.25, -0.2) is 0 Å². The second-order valence-corrected chi connectivity index (χ2v) is 4.08. The maximum absolute atomic E-state index is 5.99. The smallest absolute Gasteiger partial charge is 0.107 e. The van der Waals surface area contributed by atoms with Gasteiger partial charge in [-0.15, -0.1) is 0 Å². The molecule has 0 aliphatic carbocycles. The van der Waals surface area contributed by atoms with E-state index < -0.39 is 0 Å². The van der Waals surface area contributed by atoms with Gasteiger partial charge < -0.3 is 10.5 Å². The van der Waals surface area contributed by atoms with Crippen LogP contribution in [0.2, 0.25) is 5.02 Å². The topological polar surface area (TPSA) is 35.2 Å². The van der Waals surface area contributed by atoms with Crippen LogP contribution in [0.1, 0.15) is 18.9 Å². The SMILES string of the molecule is CCC(OCc1ccccc1Cl)C(N)=S. The zero-order chi connectivity index (χ0) is 11.3. The van der Waals surface area contributed by atoms with Gasteiger partial charge >= 0.3 is 0 Å². The van der Waals surface area contributed by atoms with Gasteiger partial charge in [0.05, 0.1) is 6.61 Å². The van der Waals surface area contributed by atoms with Crippen LogP contribution in [-0.2, 0) is 11.3 Å². The van der Waals surface area contributed by atoms with Crippen molar-refractivity contribution in [3.63, 3.8) is 0 Å². The highest BCUT2D eigenvalue weighted by Gasteiger charge is 2.10. The minimum Gasteiger partial charge on any atom is -0.391 e. The molecule has 0 saturated carbocycles. The lowest BCUT2D eigenvalue weighted by Gasteiger charge is -2.14. The highest BCUT2D eigenvalue weighted by atomic mass is 35.5. The number of halogens is 1. The van der Waals surface area contributed by atoms with E-state index in [4.69, 9.17) is 34.3 Å². The molecule has 15 heavy (non-hydrogen) atoms. The van der Waals surface area contributed by atoms with E-state index in [1.165, 1.54) is 0 Å². The lowest BCUT2D eigenvalue weighted by Crippen LogP contribution is -2.28. The fourth-order valence-corrected chi connectivity index (χ4v) is 1.63. The molecule has 1 aromatic carbocycles. The zero-order valence-electron chi connectivity index (χ0n) is 8.57. The Morgan fingerprint density at radius 1 is 1.53 bits per heavy atom. The fraction of sp³-hybridized carbons (Fsp3) is 0.364. The van der Waals surface area contributed by atoms with Gasteiger partial charge in [0.25, 0.3) is 0 Å². The summed E-state index contributed by atoms with van der Waals surface area (Å²) >= 11 is 10.9. The van der Waals surface area contributed by atoms with Crippen molar-refractivity contribution < 1.29 is 4.74 Å². The van der Waals surface area contributed by atoms with Crippen LogP contribution in [0.4, 0.5) is 0 Å². The van der Waals surface area contributed by atoms with Crippen LogP contribution in [-0.4, -0.2) is 11.1 Å². The van der Waals surface area contributed by atoms with Gasteiger partial charge in [-0.1, -0.05) is 48.9 Å². The van der Waals surface area contributed by atoms with Crippen LogP contribution in [0.5, 0.6) is 0 Å². The molecular formula is C11H14ClNOS. The van der Waals surface area contributed by atoms with Crippen molar-refractivity contribution >= 4 is 28.8 Å². The van der Waals surface area contributed by atoms with Crippen molar-refractivity contribution in [2.24, 2.45) is 5.73 Å². The van der Waals surface area contributed by atoms with Crippen molar-refractivity contribution in [1.82, 2.24) is 0 Å². The lowest BCUT2D eigenvalue weighted by molar-refractivity contribution is 0.0830. The predicted octanol–water partition coefficient (Wildman–Crippen LogP) is 2.92. The summed E-state index contributed by atoms with van der Waals surface area (Å²) in [5.41, 5.74) is 6.48. The van der Waals surface area contributed by atoms with E-state index >= 15 is 0 Å². The molecule has 1 atom stereocenters. The van der Waals surface area contributed by atoms with E-state index in [1.807, 2.05) is 31.2 Å². The van der Waals surface area contributed by atoms with Gasteiger partial charge in [0, 0.05) is 5.02 Å². The lowest BCUT2D eigenvalue weighted by atomic mass is 10.2. The summed E-state index contributed by atoms with van der Waals surface area (Å²) in [4.78, 5) is 0.393. The Kier molecular flexibility index (Phi) is 5.02. The Balaban J connectivity index is 2.56. The number of benzene rings is 1. The fourth-order valence-electron chi connectivity index (χ4n) is 1.21. The van der Waals surface area contributed by atoms with Crippen LogP contribution in [0.3, 0.4) is 0 Å². The van der Waals surface area contributed by atoms with Gasteiger partial charge in [0.1, 0.15) is 11.1 Å². The molecule has 1 aromatic rings. The number of ether oxygens (including phenoxy) is 1. The number of rotatable bonds is 5. The number of hydrogen-bond acceptors (Lipinski definition) is 2. The van der Waals surface area contributed by atoms with Crippen LogP contribution in [0.25, 0.3) is 0 Å². The summed E-state index contributed by atoms with van der Waals surface area (Å²) in [5.74, 6) is 0. The van der Waals surface area contributed by atoms with Gasteiger partial charge in [0.2, 0.25) is 0 Å². The monoisotopic (exact) mass is 243 g/mol. The van der Waals surface area contributed by atoms with Gasteiger partial charge in [-0.05, 0) is 18.1 Å². The predicted molar refractivity (Wildman–Crippen MR) is 67.1 cm³/mol. The third kappa shape index (κ3) is 3.78. The number of nitrogens with two attached hydrogens (primary N) is 1. The first kappa shape index (κ1) is 12.4. The Bertz CT molecular complexity index is 343. The third-order valence-electron chi connectivity index (χ3n) is 2.09. The highest BCUT2D eigenvalue weighted by Crippen LogP contribution is 2.16. The molecule has 2 nitrogen and oxygen atoms in total. The molecule has 2 N–H and O–H groups in total. The molecule has 1 unspecified atom stereocenters. The maximum atomic E-state index is 5.99. The van der Waals surface area contributed by atoms with E-state index in [9.17, 15) is 0 Å². The van der Waals surface area contributed by atoms with Crippen molar-refractivity contribution in [2.45, 2.75) is 26.1 Å². The Hall–Kier alpha value is -0.640. The summed E-state index contributed by atoms with van der Waals surface area (Å²) in [7, 11) is 0. The van der Waals surface area contributed by atoms with Crippen molar-refractivity contribution in [3.8, 4) is 0 Å². The molecule has 0 bridgehead atoms. The van der Waals surface area contributed by atoms with Gasteiger partial charge in [0.15, 0.2) is 0 Å². The molecule has 0 aliphatic rings. The molecule has 4 heteroatoms. The van der Waals surface area contributed by atoms with E-state index in [2.05, 4.69) is 0 Å². The standard InChI is InChI=1S/C11H14ClNOS/c1-2-10(11(13)15)14-7-8-5-3-4-6-9(8)12/h3-6,10H,2,7H2,1H3,(H2,13,15). The summed E-state index contributed by atoms with van der Waals surface area (Å²) in [6.07, 6.45) is 0.607. The quantitative estimate of drug-likeness (QED) is 0.808. The third-order valence-corrected chi connectivity index (χ3v) is 2.72. The van der Waals surface area contributed by atoms with E-state index in [-0.39, 0.29) is 6.10 Å². The molecule has 0 fully saturated rings. The molecule has 0 spiro atoms. The normalized spacial score (nSPS) is 12.4. The number of thiocarbonyl (C=S) groups is 1. The molecule has 1 rings (SSSR count). The average Bonchev–Trinajstić information content (AvgIpc) is 2.21. The first-order chi connectivity index (χ1) is 7.15. The van der Waals surface area contributed by atoms with Crippen LogP contribution in [0, 0.1) is 0 Å². The largest absolute Gasteiger partial charge is 0.391 e. The first-order valence-electron chi connectivity index (χ1n) is 4.79.